The molecule has 1 rings (SSSR count). The summed E-state index contributed by atoms with van der Waals surface area (Å²) in [6.45, 7) is 4.22. The lowest BCUT2D eigenvalue weighted by atomic mass is 9.94. The topological polar surface area (TPSA) is 35.2 Å². The Bertz CT molecular complexity index is 370. The predicted molar refractivity (Wildman–Crippen MR) is 76.5 cm³/mol. The van der Waals surface area contributed by atoms with Gasteiger partial charge in [-0.25, -0.2) is 0 Å². The molecule has 2 N–H and O–H groups in total. The van der Waals surface area contributed by atoms with Crippen molar-refractivity contribution in [1.82, 2.24) is 0 Å². The van der Waals surface area contributed by atoms with Gasteiger partial charge in [0.2, 0.25) is 0 Å². The van der Waals surface area contributed by atoms with Crippen LogP contribution in [0.3, 0.4) is 0 Å². The minimum atomic E-state index is -0.0429. The third kappa shape index (κ3) is 4.25. The molecule has 0 saturated heterocycles. The molecule has 2 nitrogen and oxygen atoms in total. The maximum Gasteiger partial charge on any atom is 0.0748 e. The Balaban J connectivity index is 2.76. The Hall–Kier alpha value is -0.0900. The average molecular weight is 321 g/mol. The van der Waals surface area contributed by atoms with Gasteiger partial charge >= 0.3 is 0 Å². The molecule has 0 heterocycles. The summed E-state index contributed by atoms with van der Waals surface area (Å²) in [5.74, 6) is 0.393. The van der Waals surface area contributed by atoms with Crippen LogP contribution < -0.4 is 5.73 Å². The fourth-order valence-corrected chi connectivity index (χ4v) is 2.75. The summed E-state index contributed by atoms with van der Waals surface area (Å²) in [6.07, 6.45) is 0.776. The van der Waals surface area contributed by atoms with Gasteiger partial charge in [0.1, 0.15) is 0 Å². The lowest BCUT2D eigenvalue weighted by molar-refractivity contribution is 0.0441. The van der Waals surface area contributed by atoms with E-state index in [1.54, 1.807) is 7.11 Å². The molecule has 0 amide bonds. The summed E-state index contributed by atoms with van der Waals surface area (Å²) in [4.78, 5) is 0. The fourth-order valence-electron chi connectivity index (χ4n) is 2.00. The number of nitrogens with two attached hydrogens (primary N) is 1. The van der Waals surface area contributed by atoms with E-state index in [2.05, 4.69) is 29.8 Å². The van der Waals surface area contributed by atoms with Gasteiger partial charge in [-0.3, -0.25) is 0 Å². The summed E-state index contributed by atoms with van der Waals surface area (Å²) < 4.78 is 6.41. The molecular formula is C13H19BrClNO. The number of methoxy groups -OCH3 is 1. The average Bonchev–Trinajstić information content (AvgIpc) is 2.22. The third-order valence-corrected chi connectivity index (χ3v) is 3.67. The second-order valence-electron chi connectivity index (χ2n) is 4.55. The highest BCUT2D eigenvalue weighted by Gasteiger charge is 2.21. The largest absolute Gasteiger partial charge is 0.380 e. The van der Waals surface area contributed by atoms with Gasteiger partial charge in [0.25, 0.3) is 0 Å². The lowest BCUT2D eigenvalue weighted by Crippen LogP contribution is -2.41. The van der Waals surface area contributed by atoms with Crippen LogP contribution in [0.2, 0.25) is 5.02 Å². The van der Waals surface area contributed by atoms with Gasteiger partial charge in [-0.1, -0.05) is 47.4 Å². The quantitative estimate of drug-likeness (QED) is 0.899. The molecule has 0 saturated carbocycles. The number of hydrogen-bond acceptors (Lipinski definition) is 2. The molecule has 1 aromatic rings. The second kappa shape index (κ2) is 6.74. The van der Waals surface area contributed by atoms with E-state index >= 15 is 0 Å². The van der Waals surface area contributed by atoms with E-state index in [4.69, 9.17) is 22.1 Å². The maximum absolute atomic E-state index is 6.17. The highest BCUT2D eigenvalue weighted by atomic mass is 79.9. The number of rotatable bonds is 5. The normalized spacial score (nSPS) is 15.0. The van der Waals surface area contributed by atoms with E-state index in [-0.39, 0.29) is 12.1 Å². The standard InChI is InChI=1S/C13H19BrClNO/c1-8(2)13(17-3)12(16)6-9-4-5-10(14)7-11(9)15/h4-5,7-8,12-13H,6,16H2,1-3H3. The zero-order valence-electron chi connectivity index (χ0n) is 10.4. The summed E-state index contributed by atoms with van der Waals surface area (Å²) in [5.41, 5.74) is 7.23. The van der Waals surface area contributed by atoms with Gasteiger partial charge in [0.05, 0.1) is 6.10 Å². The minimum Gasteiger partial charge on any atom is -0.380 e. The first-order chi connectivity index (χ1) is 7.95. The van der Waals surface area contributed by atoms with Crippen LogP contribution in [0, 0.1) is 5.92 Å². The molecule has 96 valence electrons. The zero-order chi connectivity index (χ0) is 13.0. The van der Waals surface area contributed by atoms with Crippen molar-refractivity contribution in [1.29, 1.82) is 0 Å². The van der Waals surface area contributed by atoms with Crippen LogP contribution >= 0.6 is 27.5 Å². The van der Waals surface area contributed by atoms with Gasteiger partial charge in [-0.2, -0.15) is 0 Å². The number of ether oxygens (including phenoxy) is 1. The molecule has 4 heteroatoms. The number of hydrogen-bond donors (Lipinski definition) is 1. The molecule has 0 bridgehead atoms. The Morgan fingerprint density at radius 3 is 2.53 bits per heavy atom. The van der Waals surface area contributed by atoms with Crippen molar-refractivity contribution >= 4 is 27.5 Å². The van der Waals surface area contributed by atoms with Crippen molar-refractivity contribution in [3.8, 4) is 0 Å². The van der Waals surface area contributed by atoms with Crippen LogP contribution in [0.5, 0.6) is 0 Å². The summed E-state index contributed by atoms with van der Waals surface area (Å²) in [7, 11) is 1.70. The summed E-state index contributed by atoms with van der Waals surface area (Å²) >= 11 is 9.56. The maximum atomic E-state index is 6.17. The van der Waals surface area contributed by atoms with Gasteiger partial charge in [0, 0.05) is 22.6 Å². The van der Waals surface area contributed by atoms with Crippen LogP contribution in [0.25, 0.3) is 0 Å². The van der Waals surface area contributed by atoms with Crippen molar-refractivity contribution in [3.63, 3.8) is 0 Å². The van der Waals surface area contributed by atoms with Crippen molar-refractivity contribution in [2.45, 2.75) is 32.4 Å². The van der Waals surface area contributed by atoms with Crippen LogP contribution in [0.4, 0.5) is 0 Å². The van der Waals surface area contributed by atoms with Crippen LogP contribution in [0.1, 0.15) is 19.4 Å². The monoisotopic (exact) mass is 319 g/mol. The summed E-state index contributed by atoms with van der Waals surface area (Å²) in [6, 6.07) is 5.82. The van der Waals surface area contributed by atoms with Gasteiger partial charge in [-0.15, -0.1) is 0 Å². The predicted octanol–water partition coefficient (Wildman–Crippen LogP) is 3.64. The Morgan fingerprint density at radius 2 is 2.06 bits per heavy atom. The third-order valence-electron chi connectivity index (χ3n) is 2.82. The molecule has 0 aliphatic carbocycles. The number of benzene rings is 1. The highest BCUT2D eigenvalue weighted by Crippen LogP contribution is 2.23. The number of halogens is 2. The molecule has 0 fully saturated rings. The molecule has 2 unspecified atom stereocenters. The smallest absolute Gasteiger partial charge is 0.0748 e. The molecule has 2 atom stereocenters. The van der Waals surface area contributed by atoms with Crippen molar-refractivity contribution in [3.05, 3.63) is 33.3 Å². The van der Waals surface area contributed by atoms with Gasteiger partial charge < -0.3 is 10.5 Å². The molecule has 1 aromatic carbocycles. The lowest BCUT2D eigenvalue weighted by Gasteiger charge is -2.26. The van der Waals surface area contributed by atoms with Crippen LogP contribution in [0.15, 0.2) is 22.7 Å². The SMILES string of the molecule is COC(C(C)C)C(N)Cc1ccc(Br)cc1Cl. The Labute approximate surface area is 117 Å². The van der Waals surface area contributed by atoms with Gasteiger partial charge in [-0.05, 0) is 30.0 Å². The first kappa shape index (κ1) is 15.0. The van der Waals surface area contributed by atoms with E-state index in [0.29, 0.717) is 5.92 Å². The van der Waals surface area contributed by atoms with E-state index in [1.807, 2.05) is 18.2 Å². The molecule has 0 spiro atoms. The first-order valence-corrected chi connectivity index (χ1v) is 6.85. The molecule has 0 aliphatic rings. The summed E-state index contributed by atoms with van der Waals surface area (Å²) in [5, 5.41) is 0.744. The van der Waals surface area contributed by atoms with E-state index in [0.717, 1.165) is 21.5 Å². The van der Waals surface area contributed by atoms with Crippen molar-refractivity contribution in [2.75, 3.05) is 7.11 Å². The fraction of sp³-hybridized carbons (Fsp3) is 0.538. The first-order valence-electron chi connectivity index (χ1n) is 5.68. The highest BCUT2D eigenvalue weighted by molar-refractivity contribution is 9.10. The van der Waals surface area contributed by atoms with Crippen LogP contribution in [-0.2, 0) is 11.2 Å². The molecule has 0 aromatic heterocycles. The second-order valence-corrected chi connectivity index (χ2v) is 5.87. The van der Waals surface area contributed by atoms with E-state index < -0.39 is 0 Å². The Kier molecular flexibility index (Phi) is 5.93. The molecular weight excluding hydrogens is 302 g/mol. The van der Waals surface area contributed by atoms with E-state index in [1.165, 1.54) is 0 Å². The molecule has 17 heavy (non-hydrogen) atoms. The van der Waals surface area contributed by atoms with E-state index in [9.17, 15) is 0 Å². The minimum absolute atomic E-state index is 0.0429. The Morgan fingerprint density at radius 1 is 1.41 bits per heavy atom. The van der Waals surface area contributed by atoms with Crippen molar-refractivity contribution < 1.29 is 4.74 Å². The van der Waals surface area contributed by atoms with Gasteiger partial charge in [0.15, 0.2) is 0 Å². The van der Waals surface area contributed by atoms with Crippen LogP contribution in [-0.4, -0.2) is 19.3 Å². The molecule has 0 aliphatic heterocycles. The van der Waals surface area contributed by atoms with Crippen molar-refractivity contribution in [2.24, 2.45) is 11.7 Å². The zero-order valence-corrected chi connectivity index (χ0v) is 12.8. The molecule has 0 radical (unpaired) electrons.